The van der Waals surface area contributed by atoms with Crippen molar-refractivity contribution in [2.45, 2.75) is 51.0 Å². The van der Waals surface area contributed by atoms with Crippen molar-refractivity contribution < 1.29 is 9.53 Å². The van der Waals surface area contributed by atoms with Crippen molar-refractivity contribution in [2.75, 3.05) is 7.11 Å². The number of rotatable bonds is 6. The molecule has 0 saturated carbocycles. The standard InChI is InChI=1S/C24H28N2O2/c1-28-21-13-7-12-20-24(21)23-18(14-15-22(25)27)10-5-6-11-19(23)26(20)16-17-8-3-2-4-9-17/h2-4,7-9,12-13,18H,5-6,10-11,14-16H2,1H3,(H2,25,27). The van der Waals surface area contributed by atoms with E-state index >= 15 is 0 Å². The Morgan fingerprint density at radius 2 is 1.96 bits per heavy atom. The number of hydrogen-bond acceptors (Lipinski definition) is 2. The number of nitrogens with two attached hydrogens (primary N) is 1. The van der Waals surface area contributed by atoms with E-state index in [-0.39, 0.29) is 5.91 Å². The lowest BCUT2D eigenvalue weighted by Gasteiger charge is -2.16. The van der Waals surface area contributed by atoms with Gasteiger partial charge in [-0.2, -0.15) is 0 Å². The maximum absolute atomic E-state index is 11.5. The fraction of sp³-hybridized carbons (Fsp3) is 0.375. The molecule has 4 nitrogen and oxygen atoms in total. The predicted octanol–water partition coefficient (Wildman–Crippen LogP) is 4.77. The molecule has 3 aromatic rings. The smallest absolute Gasteiger partial charge is 0.217 e. The van der Waals surface area contributed by atoms with Gasteiger partial charge in [-0.3, -0.25) is 4.79 Å². The Kier molecular flexibility index (Phi) is 5.38. The predicted molar refractivity (Wildman–Crippen MR) is 113 cm³/mol. The number of hydrogen-bond donors (Lipinski definition) is 1. The number of benzene rings is 2. The molecule has 4 heteroatoms. The van der Waals surface area contributed by atoms with Gasteiger partial charge in [-0.1, -0.05) is 42.8 Å². The molecule has 1 unspecified atom stereocenters. The molecular weight excluding hydrogens is 348 g/mol. The van der Waals surface area contributed by atoms with Gasteiger partial charge in [0.25, 0.3) is 0 Å². The van der Waals surface area contributed by atoms with Gasteiger partial charge in [0.05, 0.1) is 12.6 Å². The van der Waals surface area contributed by atoms with E-state index in [0.29, 0.717) is 12.3 Å². The zero-order chi connectivity index (χ0) is 19.5. The minimum absolute atomic E-state index is 0.217. The molecule has 0 saturated heterocycles. The topological polar surface area (TPSA) is 57.2 Å². The van der Waals surface area contributed by atoms with Gasteiger partial charge >= 0.3 is 0 Å². The number of carbonyl (C=O) groups excluding carboxylic acids is 1. The molecule has 146 valence electrons. The molecule has 1 heterocycles. The molecule has 0 bridgehead atoms. The van der Waals surface area contributed by atoms with E-state index in [2.05, 4.69) is 47.0 Å². The van der Waals surface area contributed by atoms with Gasteiger partial charge in [0.1, 0.15) is 5.75 Å². The third-order valence-electron chi connectivity index (χ3n) is 5.97. The summed E-state index contributed by atoms with van der Waals surface area (Å²) in [4.78, 5) is 11.5. The Bertz CT molecular complexity index is 975. The highest BCUT2D eigenvalue weighted by Gasteiger charge is 2.28. The van der Waals surface area contributed by atoms with Crippen LogP contribution in [0.15, 0.2) is 48.5 Å². The highest BCUT2D eigenvalue weighted by Crippen LogP contribution is 2.44. The number of amides is 1. The Morgan fingerprint density at radius 3 is 2.71 bits per heavy atom. The van der Waals surface area contributed by atoms with Crippen molar-refractivity contribution in [1.29, 1.82) is 0 Å². The Morgan fingerprint density at radius 1 is 1.14 bits per heavy atom. The van der Waals surface area contributed by atoms with Gasteiger partial charge in [0.15, 0.2) is 0 Å². The number of carbonyl (C=O) groups is 1. The van der Waals surface area contributed by atoms with Crippen LogP contribution in [0.1, 0.15) is 54.8 Å². The highest BCUT2D eigenvalue weighted by molar-refractivity contribution is 5.92. The minimum Gasteiger partial charge on any atom is -0.496 e. The molecular formula is C24H28N2O2. The lowest BCUT2D eigenvalue weighted by Crippen LogP contribution is -2.12. The van der Waals surface area contributed by atoms with E-state index in [0.717, 1.165) is 31.6 Å². The van der Waals surface area contributed by atoms with E-state index in [1.165, 1.54) is 40.6 Å². The minimum atomic E-state index is -0.217. The maximum Gasteiger partial charge on any atom is 0.217 e. The van der Waals surface area contributed by atoms with Crippen LogP contribution in [0.5, 0.6) is 5.75 Å². The van der Waals surface area contributed by atoms with Crippen LogP contribution in [0, 0.1) is 0 Å². The first kappa shape index (κ1) is 18.6. The van der Waals surface area contributed by atoms with E-state index < -0.39 is 0 Å². The lowest BCUT2D eigenvalue weighted by molar-refractivity contribution is -0.118. The highest BCUT2D eigenvalue weighted by atomic mass is 16.5. The van der Waals surface area contributed by atoms with Crippen LogP contribution in [0.4, 0.5) is 0 Å². The zero-order valence-electron chi connectivity index (χ0n) is 16.5. The lowest BCUT2D eigenvalue weighted by atomic mass is 9.89. The molecule has 0 radical (unpaired) electrons. The first-order valence-corrected chi connectivity index (χ1v) is 10.2. The average molecular weight is 377 g/mol. The maximum atomic E-state index is 11.5. The molecule has 1 aliphatic rings. The van der Waals surface area contributed by atoms with Crippen LogP contribution >= 0.6 is 0 Å². The third kappa shape index (κ3) is 3.51. The van der Waals surface area contributed by atoms with Gasteiger partial charge < -0.3 is 15.0 Å². The Balaban J connectivity index is 1.90. The summed E-state index contributed by atoms with van der Waals surface area (Å²) in [6.45, 7) is 0.850. The molecule has 0 fully saturated rings. The molecule has 4 rings (SSSR count). The number of primary amides is 1. The largest absolute Gasteiger partial charge is 0.496 e. The van der Waals surface area contributed by atoms with Crippen molar-refractivity contribution in [3.05, 3.63) is 65.4 Å². The second-order valence-corrected chi connectivity index (χ2v) is 7.73. The van der Waals surface area contributed by atoms with E-state index in [1.807, 2.05) is 6.07 Å². The normalized spacial score (nSPS) is 16.5. The molecule has 0 spiro atoms. The van der Waals surface area contributed by atoms with Gasteiger partial charge in [0.2, 0.25) is 5.91 Å². The second-order valence-electron chi connectivity index (χ2n) is 7.73. The van der Waals surface area contributed by atoms with E-state index in [9.17, 15) is 4.79 Å². The van der Waals surface area contributed by atoms with Gasteiger partial charge in [-0.15, -0.1) is 0 Å². The van der Waals surface area contributed by atoms with Crippen LogP contribution < -0.4 is 10.5 Å². The summed E-state index contributed by atoms with van der Waals surface area (Å²) in [5.74, 6) is 1.05. The first-order valence-electron chi connectivity index (χ1n) is 10.2. The van der Waals surface area contributed by atoms with Crippen LogP contribution in [0.2, 0.25) is 0 Å². The summed E-state index contributed by atoms with van der Waals surface area (Å²) < 4.78 is 8.23. The van der Waals surface area contributed by atoms with Gasteiger partial charge in [0, 0.05) is 24.0 Å². The molecule has 1 aliphatic carbocycles. The summed E-state index contributed by atoms with van der Waals surface area (Å²) in [6, 6.07) is 16.9. The molecule has 0 aliphatic heterocycles. The number of ether oxygens (including phenoxy) is 1. The van der Waals surface area contributed by atoms with Crippen LogP contribution in [0.25, 0.3) is 10.9 Å². The molecule has 28 heavy (non-hydrogen) atoms. The fourth-order valence-electron chi connectivity index (χ4n) is 4.71. The van der Waals surface area contributed by atoms with Crippen molar-refractivity contribution in [1.82, 2.24) is 4.57 Å². The monoisotopic (exact) mass is 376 g/mol. The fourth-order valence-corrected chi connectivity index (χ4v) is 4.71. The number of methoxy groups -OCH3 is 1. The third-order valence-corrected chi connectivity index (χ3v) is 5.97. The molecule has 1 amide bonds. The summed E-state index contributed by atoms with van der Waals surface area (Å²) >= 11 is 0. The van der Waals surface area contributed by atoms with Crippen molar-refractivity contribution in [3.8, 4) is 5.75 Å². The molecule has 2 aromatic carbocycles. The summed E-state index contributed by atoms with van der Waals surface area (Å²) in [6.07, 6.45) is 5.76. The van der Waals surface area contributed by atoms with Crippen LogP contribution in [-0.4, -0.2) is 17.6 Å². The number of fused-ring (bicyclic) bond motifs is 3. The summed E-state index contributed by atoms with van der Waals surface area (Å²) in [7, 11) is 1.74. The number of nitrogens with zero attached hydrogens (tertiary/aromatic N) is 1. The van der Waals surface area contributed by atoms with Gasteiger partial charge in [-0.25, -0.2) is 0 Å². The molecule has 2 N–H and O–H groups in total. The summed E-state index contributed by atoms with van der Waals surface area (Å²) in [5, 5.41) is 1.22. The second kappa shape index (κ2) is 8.09. The van der Waals surface area contributed by atoms with Crippen molar-refractivity contribution in [2.24, 2.45) is 5.73 Å². The van der Waals surface area contributed by atoms with Crippen molar-refractivity contribution in [3.63, 3.8) is 0 Å². The quantitative estimate of drug-likeness (QED) is 0.630. The molecule has 1 aromatic heterocycles. The van der Waals surface area contributed by atoms with Crippen molar-refractivity contribution >= 4 is 16.8 Å². The van der Waals surface area contributed by atoms with Crippen LogP contribution in [0.3, 0.4) is 0 Å². The SMILES string of the molecule is COc1cccc2c1c1c(n2Cc2ccccc2)CCCCC1CCC(N)=O. The molecule has 1 atom stereocenters. The summed E-state index contributed by atoms with van der Waals surface area (Å²) in [5.41, 5.74) is 10.8. The number of aromatic nitrogens is 1. The van der Waals surface area contributed by atoms with Gasteiger partial charge in [-0.05, 0) is 54.9 Å². The van der Waals surface area contributed by atoms with E-state index in [1.54, 1.807) is 7.11 Å². The first-order chi connectivity index (χ1) is 13.7. The Labute approximate surface area is 166 Å². The van der Waals surface area contributed by atoms with Crippen LogP contribution in [-0.2, 0) is 17.8 Å². The average Bonchev–Trinajstić information content (AvgIpc) is 2.87. The Hall–Kier alpha value is -2.75. The zero-order valence-corrected chi connectivity index (χ0v) is 16.5. The van der Waals surface area contributed by atoms with E-state index in [4.69, 9.17) is 10.5 Å².